The minimum absolute atomic E-state index is 0.211. The maximum atomic E-state index is 11.0. The second-order valence-electron chi connectivity index (χ2n) is 5.60. The number of benzene rings is 1. The molecule has 0 atom stereocenters. The van der Waals surface area contributed by atoms with E-state index in [2.05, 4.69) is 5.10 Å². The summed E-state index contributed by atoms with van der Waals surface area (Å²) < 4.78 is 28.5. The Balaban J connectivity index is 2.01. The lowest BCUT2D eigenvalue weighted by Crippen LogP contribution is -2.18. The Morgan fingerprint density at radius 2 is 2.00 bits per heavy atom. The number of aromatic nitrogens is 2. The van der Waals surface area contributed by atoms with Crippen LogP contribution in [-0.4, -0.2) is 18.2 Å². The van der Waals surface area contributed by atoms with Gasteiger partial charge in [-0.3, -0.25) is 4.68 Å². The van der Waals surface area contributed by atoms with Crippen molar-refractivity contribution in [1.29, 1.82) is 0 Å². The smallest absolute Gasteiger partial charge is 0.371 e. The van der Waals surface area contributed by atoms with E-state index in [1.54, 1.807) is 16.8 Å². The van der Waals surface area contributed by atoms with E-state index in [0.717, 1.165) is 16.6 Å². The van der Waals surface area contributed by atoms with E-state index in [9.17, 15) is 8.42 Å². The number of aryl methyl sites for hydroxylation is 1. The Hall–Kier alpha value is -1.60. The van der Waals surface area contributed by atoms with E-state index in [1.807, 2.05) is 13.1 Å². The molecule has 6 nitrogen and oxygen atoms in total. The van der Waals surface area contributed by atoms with Gasteiger partial charge in [0.25, 0.3) is 0 Å². The summed E-state index contributed by atoms with van der Waals surface area (Å²) in [6.07, 6.45) is 6.13. The van der Waals surface area contributed by atoms with Gasteiger partial charge in [-0.05, 0) is 25.0 Å². The van der Waals surface area contributed by atoms with E-state index in [1.165, 1.54) is 32.1 Å². The molecule has 7 heteroatoms. The number of nitrogens with zero attached hydrogens (tertiary/aromatic N) is 2. The summed E-state index contributed by atoms with van der Waals surface area (Å²) in [4.78, 5) is 0. The molecule has 0 saturated heterocycles. The molecule has 2 N–H and O–H groups in total. The lowest BCUT2D eigenvalue weighted by Gasteiger charge is -2.19. The molecular formula is C14H19N3O3S. The standard InChI is InChI=1S/C14H19N3O3S/c1-17-13-9-11(20-21(15,18)19)7-8-12(13)14(16-17)10-5-3-2-4-6-10/h7-10H,2-6H2,1H3,(H2,15,18,19). The fourth-order valence-electron chi connectivity index (χ4n) is 3.13. The van der Waals surface area contributed by atoms with Crippen molar-refractivity contribution in [2.75, 3.05) is 0 Å². The summed E-state index contributed by atoms with van der Waals surface area (Å²) in [7, 11) is -2.15. The molecule has 3 rings (SSSR count). The highest BCUT2D eigenvalue weighted by Crippen LogP contribution is 2.36. The maximum Gasteiger partial charge on any atom is 0.380 e. The fraction of sp³-hybridized carbons (Fsp3) is 0.500. The Morgan fingerprint density at radius 1 is 1.29 bits per heavy atom. The predicted molar refractivity (Wildman–Crippen MR) is 80.3 cm³/mol. The highest BCUT2D eigenvalue weighted by molar-refractivity contribution is 7.84. The van der Waals surface area contributed by atoms with Crippen LogP contribution >= 0.6 is 0 Å². The van der Waals surface area contributed by atoms with Crippen molar-refractivity contribution < 1.29 is 12.6 Å². The highest BCUT2D eigenvalue weighted by Gasteiger charge is 2.21. The minimum Gasteiger partial charge on any atom is -0.371 e. The summed E-state index contributed by atoms with van der Waals surface area (Å²) in [5, 5.41) is 10.6. The van der Waals surface area contributed by atoms with Crippen LogP contribution < -0.4 is 9.32 Å². The number of hydrogen-bond donors (Lipinski definition) is 1. The van der Waals surface area contributed by atoms with E-state index >= 15 is 0 Å². The molecule has 1 fully saturated rings. The molecule has 21 heavy (non-hydrogen) atoms. The Kier molecular flexibility index (Phi) is 3.62. The summed E-state index contributed by atoms with van der Waals surface area (Å²) in [5.41, 5.74) is 1.96. The molecule has 1 heterocycles. The zero-order valence-corrected chi connectivity index (χ0v) is 12.8. The molecule has 0 radical (unpaired) electrons. The third-order valence-electron chi connectivity index (χ3n) is 4.06. The van der Waals surface area contributed by atoms with Crippen LogP contribution in [-0.2, 0) is 17.4 Å². The monoisotopic (exact) mass is 309 g/mol. The Morgan fingerprint density at radius 3 is 2.67 bits per heavy atom. The van der Waals surface area contributed by atoms with E-state index in [0.29, 0.717) is 5.92 Å². The molecule has 1 aromatic heterocycles. The molecule has 0 unspecified atom stereocenters. The topological polar surface area (TPSA) is 87.2 Å². The minimum atomic E-state index is -4.00. The first-order valence-corrected chi connectivity index (χ1v) is 8.60. The zero-order valence-electron chi connectivity index (χ0n) is 11.9. The van der Waals surface area contributed by atoms with Crippen molar-refractivity contribution in [1.82, 2.24) is 9.78 Å². The van der Waals surface area contributed by atoms with Crippen LogP contribution in [0.5, 0.6) is 5.75 Å². The molecule has 0 bridgehead atoms. The average molecular weight is 309 g/mol. The number of rotatable bonds is 3. The van der Waals surface area contributed by atoms with Crippen molar-refractivity contribution in [2.45, 2.75) is 38.0 Å². The first kappa shape index (κ1) is 14.3. The molecular weight excluding hydrogens is 290 g/mol. The summed E-state index contributed by atoms with van der Waals surface area (Å²) >= 11 is 0. The average Bonchev–Trinajstić information content (AvgIpc) is 2.75. The van der Waals surface area contributed by atoms with Crippen molar-refractivity contribution >= 4 is 21.2 Å². The van der Waals surface area contributed by atoms with Crippen molar-refractivity contribution in [3.05, 3.63) is 23.9 Å². The Labute approximate surface area is 124 Å². The van der Waals surface area contributed by atoms with E-state index in [4.69, 9.17) is 9.32 Å². The molecule has 0 amide bonds. The largest absolute Gasteiger partial charge is 0.380 e. The van der Waals surface area contributed by atoms with Crippen LogP contribution in [0.2, 0.25) is 0 Å². The van der Waals surface area contributed by atoms with E-state index in [-0.39, 0.29) is 5.75 Å². The number of fused-ring (bicyclic) bond motifs is 1. The lowest BCUT2D eigenvalue weighted by molar-refractivity contribution is 0.435. The van der Waals surface area contributed by atoms with Crippen molar-refractivity contribution in [2.24, 2.45) is 12.2 Å². The van der Waals surface area contributed by atoms with Crippen LogP contribution in [0.25, 0.3) is 10.9 Å². The first-order valence-electron chi connectivity index (χ1n) is 7.13. The molecule has 114 valence electrons. The predicted octanol–water partition coefficient (Wildman–Crippen LogP) is 2.20. The molecule has 0 spiro atoms. The lowest BCUT2D eigenvalue weighted by atomic mass is 9.86. The van der Waals surface area contributed by atoms with Gasteiger partial charge in [-0.1, -0.05) is 19.3 Å². The van der Waals surface area contributed by atoms with Crippen LogP contribution in [0.15, 0.2) is 18.2 Å². The second-order valence-corrected chi connectivity index (χ2v) is 6.75. The van der Waals surface area contributed by atoms with Crippen LogP contribution in [0.3, 0.4) is 0 Å². The third-order valence-corrected chi connectivity index (χ3v) is 4.48. The quantitative estimate of drug-likeness (QED) is 0.941. The number of nitrogens with two attached hydrogens (primary N) is 1. The first-order chi connectivity index (χ1) is 9.94. The van der Waals surface area contributed by atoms with Gasteiger partial charge >= 0.3 is 10.3 Å². The van der Waals surface area contributed by atoms with Gasteiger partial charge in [0.05, 0.1) is 11.2 Å². The molecule has 0 aliphatic heterocycles. The van der Waals surface area contributed by atoms with Gasteiger partial charge < -0.3 is 4.18 Å². The van der Waals surface area contributed by atoms with Crippen LogP contribution in [0.1, 0.15) is 43.7 Å². The fourth-order valence-corrected chi connectivity index (χ4v) is 3.50. The molecule has 1 aliphatic rings. The van der Waals surface area contributed by atoms with Gasteiger partial charge in [0.1, 0.15) is 5.75 Å². The zero-order chi connectivity index (χ0) is 15.0. The Bertz CT molecular complexity index is 761. The SMILES string of the molecule is Cn1nc(C2CCCCC2)c2ccc(OS(N)(=O)=O)cc21. The molecule has 1 saturated carbocycles. The summed E-state index contributed by atoms with van der Waals surface area (Å²) in [6.45, 7) is 0. The molecule has 1 aliphatic carbocycles. The van der Waals surface area contributed by atoms with Crippen LogP contribution in [0.4, 0.5) is 0 Å². The number of hydrogen-bond acceptors (Lipinski definition) is 4. The van der Waals surface area contributed by atoms with Gasteiger partial charge in [-0.2, -0.15) is 18.7 Å². The summed E-state index contributed by atoms with van der Waals surface area (Å²) in [5.74, 6) is 0.704. The van der Waals surface area contributed by atoms with Gasteiger partial charge in [-0.15, -0.1) is 0 Å². The molecule has 2 aromatic rings. The third kappa shape index (κ3) is 3.03. The van der Waals surface area contributed by atoms with Gasteiger partial charge in [-0.25, -0.2) is 0 Å². The van der Waals surface area contributed by atoms with E-state index < -0.39 is 10.3 Å². The normalized spacial score (nSPS) is 17.2. The van der Waals surface area contributed by atoms with Gasteiger partial charge in [0.2, 0.25) is 0 Å². The highest BCUT2D eigenvalue weighted by atomic mass is 32.2. The van der Waals surface area contributed by atoms with Gasteiger partial charge in [0, 0.05) is 24.4 Å². The van der Waals surface area contributed by atoms with Gasteiger partial charge in [0.15, 0.2) is 0 Å². The summed E-state index contributed by atoms with van der Waals surface area (Å²) in [6, 6.07) is 5.16. The van der Waals surface area contributed by atoms with Crippen LogP contribution in [0, 0.1) is 0 Å². The van der Waals surface area contributed by atoms with Crippen molar-refractivity contribution in [3.63, 3.8) is 0 Å². The maximum absolute atomic E-state index is 11.0. The second kappa shape index (κ2) is 5.31. The van der Waals surface area contributed by atoms with Crippen molar-refractivity contribution in [3.8, 4) is 5.75 Å². The molecule has 1 aromatic carbocycles.